The van der Waals surface area contributed by atoms with Crippen LogP contribution >= 0.6 is 0 Å². The highest BCUT2D eigenvalue weighted by Gasteiger charge is 2.33. The van der Waals surface area contributed by atoms with Crippen molar-refractivity contribution in [3.63, 3.8) is 0 Å². The van der Waals surface area contributed by atoms with Crippen molar-refractivity contribution in [2.75, 3.05) is 38.5 Å². The van der Waals surface area contributed by atoms with Crippen LogP contribution in [0.1, 0.15) is 32.8 Å². The van der Waals surface area contributed by atoms with Gasteiger partial charge in [-0.1, -0.05) is 0 Å². The Morgan fingerprint density at radius 1 is 1.10 bits per heavy atom. The zero-order valence-corrected chi connectivity index (χ0v) is 17.1. The molecule has 29 heavy (non-hydrogen) atoms. The number of nitrogens with one attached hydrogen (secondary N) is 4. The summed E-state index contributed by atoms with van der Waals surface area (Å²) in [6.45, 7) is 6.90. The summed E-state index contributed by atoms with van der Waals surface area (Å²) in [6.07, 6.45) is -2.99. The lowest BCUT2D eigenvalue weighted by Crippen LogP contribution is -2.41. The number of hydrogen-bond donors (Lipinski definition) is 4. The Kier molecular flexibility index (Phi) is 9.49. The standard InChI is InChI=1S/C18H29F3N6O2/c1-17(2,3)29-16(28)27-10-6-9-25-15(22-4)26-12-11-24-14-13(18(19,20)21)7-5-8-23-14/h5,7-8H,6,9-12H2,1-4H3,(H,23,24)(H,27,28)(H2,22,25,26). The Bertz CT molecular complexity index is 674. The lowest BCUT2D eigenvalue weighted by Gasteiger charge is -2.19. The number of halogens is 3. The van der Waals surface area contributed by atoms with E-state index in [1.165, 1.54) is 12.3 Å². The van der Waals surface area contributed by atoms with Crippen LogP contribution in [0.2, 0.25) is 0 Å². The average molecular weight is 418 g/mol. The summed E-state index contributed by atoms with van der Waals surface area (Å²) in [5, 5.41) is 11.4. The predicted octanol–water partition coefficient (Wildman–Crippen LogP) is 2.59. The first-order valence-electron chi connectivity index (χ1n) is 9.20. The van der Waals surface area contributed by atoms with E-state index in [1.54, 1.807) is 27.8 Å². The molecule has 1 aromatic heterocycles. The second-order valence-corrected chi connectivity index (χ2v) is 7.03. The van der Waals surface area contributed by atoms with Gasteiger partial charge in [0.15, 0.2) is 5.96 Å². The predicted molar refractivity (Wildman–Crippen MR) is 106 cm³/mol. The van der Waals surface area contributed by atoms with E-state index in [0.29, 0.717) is 32.0 Å². The molecule has 0 unspecified atom stereocenters. The second kappa shape index (κ2) is 11.3. The molecule has 0 aliphatic carbocycles. The normalized spacial score (nSPS) is 12.3. The van der Waals surface area contributed by atoms with Gasteiger partial charge in [-0.05, 0) is 39.3 Å². The molecular weight excluding hydrogens is 389 g/mol. The molecule has 8 nitrogen and oxygen atoms in total. The van der Waals surface area contributed by atoms with E-state index in [2.05, 4.69) is 31.2 Å². The largest absolute Gasteiger partial charge is 0.444 e. The van der Waals surface area contributed by atoms with Gasteiger partial charge in [-0.25, -0.2) is 9.78 Å². The number of rotatable bonds is 8. The van der Waals surface area contributed by atoms with E-state index in [4.69, 9.17) is 4.74 Å². The molecule has 1 amide bonds. The van der Waals surface area contributed by atoms with E-state index in [1.807, 2.05) is 0 Å². The highest BCUT2D eigenvalue weighted by atomic mass is 19.4. The van der Waals surface area contributed by atoms with Crippen LogP contribution in [0, 0.1) is 0 Å². The molecule has 0 aromatic carbocycles. The Morgan fingerprint density at radius 3 is 2.38 bits per heavy atom. The molecular formula is C18H29F3N6O2. The van der Waals surface area contributed by atoms with E-state index in [-0.39, 0.29) is 12.4 Å². The van der Waals surface area contributed by atoms with Gasteiger partial charge in [0.1, 0.15) is 11.4 Å². The number of amides is 1. The molecule has 164 valence electrons. The molecule has 0 aliphatic rings. The minimum Gasteiger partial charge on any atom is -0.444 e. The fourth-order valence-corrected chi connectivity index (χ4v) is 2.16. The first-order valence-corrected chi connectivity index (χ1v) is 9.20. The van der Waals surface area contributed by atoms with Crippen LogP contribution in [-0.4, -0.2) is 55.9 Å². The number of guanidine groups is 1. The highest BCUT2D eigenvalue weighted by molar-refractivity contribution is 5.79. The monoisotopic (exact) mass is 418 g/mol. The van der Waals surface area contributed by atoms with Gasteiger partial charge in [0.25, 0.3) is 0 Å². The molecule has 0 spiro atoms. The third-order valence-corrected chi connectivity index (χ3v) is 3.36. The number of aliphatic imine (C=N–C) groups is 1. The van der Waals surface area contributed by atoms with Crippen molar-refractivity contribution in [1.29, 1.82) is 0 Å². The van der Waals surface area contributed by atoms with Gasteiger partial charge in [0.2, 0.25) is 0 Å². The number of alkyl carbamates (subject to hydrolysis) is 1. The molecule has 11 heteroatoms. The number of pyridine rings is 1. The van der Waals surface area contributed by atoms with Gasteiger partial charge in [-0.2, -0.15) is 13.2 Å². The van der Waals surface area contributed by atoms with Crippen molar-refractivity contribution in [3.05, 3.63) is 23.9 Å². The van der Waals surface area contributed by atoms with Crippen molar-refractivity contribution in [2.24, 2.45) is 4.99 Å². The van der Waals surface area contributed by atoms with Crippen LogP contribution in [0.5, 0.6) is 0 Å². The minimum absolute atomic E-state index is 0.210. The molecule has 0 saturated carbocycles. The van der Waals surface area contributed by atoms with Gasteiger partial charge in [0.05, 0.1) is 5.56 Å². The van der Waals surface area contributed by atoms with Crippen molar-refractivity contribution in [2.45, 2.75) is 39.0 Å². The van der Waals surface area contributed by atoms with Crippen LogP contribution in [0.4, 0.5) is 23.8 Å². The molecule has 4 N–H and O–H groups in total. The highest BCUT2D eigenvalue weighted by Crippen LogP contribution is 2.33. The maximum Gasteiger partial charge on any atom is 0.419 e. The molecule has 0 bridgehead atoms. The molecule has 0 aliphatic heterocycles. The van der Waals surface area contributed by atoms with Gasteiger partial charge in [-0.15, -0.1) is 0 Å². The average Bonchev–Trinajstić information content (AvgIpc) is 2.61. The lowest BCUT2D eigenvalue weighted by atomic mass is 10.2. The number of carbonyl (C=O) groups excluding carboxylic acids is 1. The van der Waals surface area contributed by atoms with Crippen LogP contribution in [-0.2, 0) is 10.9 Å². The summed E-state index contributed by atoms with van der Waals surface area (Å²) in [7, 11) is 1.59. The van der Waals surface area contributed by atoms with E-state index >= 15 is 0 Å². The third-order valence-electron chi connectivity index (χ3n) is 3.36. The number of aromatic nitrogens is 1. The summed E-state index contributed by atoms with van der Waals surface area (Å²) in [6, 6.07) is 2.23. The van der Waals surface area contributed by atoms with Crippen LogP contribution in [0.3, 0.4) is 0 Å². The van der Waals surface area contributed by atoms with E-state index in [0.717, 1.165) is 6.07 Å². The topological polar surface area (TPSA) is 99.7 Å². The molecule has 0 atom stereocenters. The fraction of sp³-hybridized carbons (Fsp3) is 0.611. The summed E-state index contributed by atoms with van der Waals surface area (Å²) in [5.41, 5.74) is -1.35. The Hall–Kier alpha value is -2.72. The number of hydrogen-bond acceptors (Lipinski definition) is 5. The summed E-state index contributed by atoms with van der Waals surface area (Å²) in [4.78, 5) is 19.3. The number of nitrogens with zero attached hydrogens (tertiary/aromatic N) is 2. The maximum atomic E-state index is 12.9. The molecule has 0 fully saturated rings. The first-order chi connectivity index (χ1) is 13.5. The quantitative estimate of drug-likeness (QED) is 0.294. The zero-order valence-electron chi connectivity index (χ0n) is 17.1. The number of carbonyl (C=O) groups is 1. The zero-order chi connectivity index (χ0) is 21.9. The molecule has 1 aromatic rings. The maximum absolute atomic E-state index is 12.9. The van der Waals surface area contributed by atoms with Crippen LogP contribution in [0.15, 0.2) is 23.3 Å². The molecule has 1 rings (SSSR count). The first kappa shape index (κ1) is 24.3. The van der Waals surface area contributed by atoms with Gasteiger partial charge >= 0.3 is 12.3 Å². The Balaban J connectivity index is 2.25. The second-order valence-electron chi connectivity index (χ2n) is 7.03. The van der Waals surface area contributed by atoms with Crippen molar-refractivity contribution in [1.82, 2.24) is 20.9 Å². The van der Waals surface area contributed by atoms with Crippen LogP contribution in [0.25, 0.3) is 0 Å². The van der Waals surface area contributed by atoms with Gasteiger partial charge < -0.3 is 26.0 Å². The molecule has 0 saturated heterocycles. The summed E-state index contributed by atoms with van der Waals surface area (Å²) >= 11 is 0. The fourth-order valence-electron chi connectivity index (χ4n) is 2.16. The summed E-state index contributed by atoms with van der Waals surface area (Å²) < 4.78 is 43.9. The Labute approximate surface area is 168 Å². The Morgan fingerprint density at radius 2 is 1.76 bits per heavy atom. The minimum atomic E-state index is -4.46. The smallest absolute Gasteiger partial charge is 0.419 e. The van der Waals surface area contributed by atoms with Gasteiger partial charge in [0, 0.05) is 39.4 Å². The van der Waals surface area contributed by atoms with Crippen molar-refractivity contribution in [3.8, 4) is 0 Å². The third kappa shape index (κ3) is 10.4. The van der Waals surface area contributed by atoms with E-state index < -0.39 is 23.4 Å². The van der Waals surface area contributed by atoms with Crippen molar-refractivity contribution >= 4 is 17.9 Å². The SMILES string of the molecule is CN=C(NCCCNC(=O)OC(C)(C)C)NCCNc1ncccc1C(F)(F)F. The lowest BCUT2D eigenvalue weighted by molar-refractivity contribution is -0.137. The number of anilines is 1. The summed E-state index contributed by atoms with van der Waals surface area (Å²) in [5.74, 6) is 0.291. The molecule has 1 heterocycles. The van der Waals surface area contributed by atoms with Crippen LogP contribution < -0.4 is 21.3 Å². The van der Waals surface area contributed by atoms with Crippen molar-refractivity contribution < 1.29 is 22.7 Å². The van der Waals surface area contributed by atoms with Gasteiger partial charge in [-0.3, -0.25) is 4.99 Å². The number of ether oxygens (including phenoxy) is 1. The number of alkyl halides is 3. The van der Waals surface area contributed by atoms with E-state index in [9.17, 15) is 18.0 Å². The molecule has 0 radical (unpaired) electrons.